The summed E-state index contributed by atoms with van der Waals surface area (Å²) in [6.07, 6.45) is 0.216. The largest absolute Gasteiger partial charge is 0.332 e. The van der Waals surface area contributed by atoms with Crippen molar-refractivity contribution in [1.29, 1.82) is 0 Å². The molecule has 8 heteroatoms. The fourth-order valence-electron chi connectivity index (χ4n) is 2.93. The molecule has 0 spiro atoms. The summed E-state index contributed by atoms with van der Waals surface area (Å²) in [5.41, 5.74) is 2.37. The Morgan fingerprint density at radius 3 is 2.00 bits per heavy atom. The predicted molar refractivity (Wildman–Crippen MR) is 126 cm³/mol. The van der Waals surface area contributed by atoms with E-state index in [2.05, 4.69) is 10.6 Å². The molecular weight excluding hydrogens is 430 g/mol. The van der Waals surface area contributed by atoms with Gasteiger partial charge in [-0.2, -0.15) is 4.31 Å². The summed E-state index contributed by atoms with van der Waals surface area (Å²) in [7, 11) is -2.09. The molecule has 0 saturated carbocycles. The molecule has 0 aliphatic heterocycles. The lowest BCUT2D eigenvalue weighted by molar-refractivity contribution is -0.119. The van der Waals surface area contributed by atoms with E-state index in [-0.39, 0.29) is 28.9 Å². The summed E-state index contributed by atoms with van der Waals surface area (Å²) in [6.45, 7) is 0.278. The highest BCUT2D eigenvalue weighted by Gasteiger charge is 2.20. The van der Waals surface area contributed by atoms with Crippen molar-refractivity contribution in [2.45, 2.75) is 17.9 Å². The summed E-state index contributed by atoms with van der Waals surface area (Å²) in [5, 5.41) is 5.67. The van der Waals surface area contributed by atoms with E-state index in [1.807, 2.05) is 60.7 Å². The fourth-order valence-corrected chi connectivity index (χ4v) is 4.32. The highest BCUT2D eigenvalue weighted by atomic mass is 32.2. The Hall–Kier alpha value is -3.07. The molecule has 1 amide bonds. The second kappa shape index (κ2) is 10.3. The maximum atomic E-state index is 12.8. The first-order valence-corrected chi connectivity index (χ1v) is 11.4. The van der Waals surface area contributed by atoms with Crippen LogP contribution >= 0.6 is 12.2 Å². The summed E-state index contributed by atoms with van der Waals surface area (Å²) >= 11 is 5.18. The molecule has 0 unspecified atom stereocenters. The Kier molecular flexibility index (Phi) is 7.51. The lowest BCUT2D eigenvalue weighted by Gasteiger charge is -2.17. The number of hydrogen-bond acceptors (Lipinski definition) is 4. The Morgan fingerprint density at radius 2 is 1.42 bits per heavy atom. The van der Waals surface area contributed by atoms with Crippen molar-refractivity contribution in [1.82, 2.24) is 9.62 Å². The van der Waals surface area contributed by atoms with Crippen LogP contribution in [-0.4, -0.2) is 30.8 Å². The minimum Gasteiger partial charge on any atom is -0.332 e. The molecule has 0 saturated heterocycles. The number of sulfonamides is 1. The monoisotopic (exact) mass is 453 g/mol. The molecule has 0 aliphatic rings. The Balaban J connectivity index is 1.57. The minimum absolute atomic E-state index is 0.151. The van der Waals surface area contributed by atoms with E-state index in [4.69, 9.17) is 12.2 Å². The third-order valence-electron chi connectivity index (χ3n) is 4.53. The van der Waals surface area contributed by atoms with Gasteiger partial charge in [-0.3, -0.25) is 4.79 Å². The van der Waals surface area contributed by atoms with Gasteiger partial charge in [0.15, 0.2) is 5.11 Å². The molecule has 3 rings (SSSR count). The van der Waals surface area contributed by atoms with Crippen LogP contribution in [0.3, 0.4) is 0 Å². The van der Waals surface area contributed by atoms with E-state index < -0.39 is 10.0 Å². The molecule has 3 aromatic rings. The van der Waals surface area contributed by atoms with Crippen molar-refractivity contribution >= 4 is 38.9 Å². The number of rotatable bonds is 7. The van der Waals surface area contributed by atoms with Gasteiger partial charge in [0.05, 0.1) is 11.3 Å². The van der Waals surface area contributed by atoms with E-state index in [1.165, 1.54) is 16.4 Å². The number of carbonyl (C=O) groups excluding carboxylic acids is 1. The van der Waals surface area contributed by atoms with Gasteiger partial charge in [-0.1, -0.05) is 60.7 Å². The molecule has 31 heavy (non-hydrogen) atoms. The van der Waals surface area contributed by atoms with Crippen LogP contribution in [0.4, 0.5) is 5.69 Å². The highest BCUT2D eigenvalue weighted by molar-refractivity contribution is 7.89. The third kappa shape index (κ3) is 6.45. The zero-order valence-corrected chi connectivity index (χ0v) is 18.6. The molecule has 0 heterocycles. The van der Waals surface area contributed by atoms with Crippen LogP contribution in [0, 0.1) is 0 Å². The number of benzene rings is 3. The molecule has 2 N–H and O–H groups in total. The van der Waals surface area contributed by atoms with E-state index in [1.54, 1.807) is 19.2 Å². The van der Waals surface area contributed by atoms with Gasteiger partial charge in [-0.05, 0) is 47.6 Å². The highest BCUT2D eigenvalue weighted by Crippen LogP contribution is 2.19. The molecule has 3 aromatic carbocycles. The van der Waals surface area contributed by atoms with Gasteiger partial charge in [0.2, 0.25) is 15.9 Å². The number of thiocarbonyl (C=S) groups is 1. The van der Waals surface area contributed by atoms with Crippen LogP contribution < -0.4 is 10.6 Å². The molecule has 6 nitrogen and oxygen atoms in total. The van der Waals surface area contributed by atoms with Gasteiger partial charge in [0.25, 0.3) is 0 Å². The normalized spacial score (nSPS) is 11.2. The van der Waals surface area contributed by atoms with Gasteiger partial charge >= 0.3 is 0 Å². The molecule has 0 atom stereocenters. The predicted octanol–water partition coefficient (Wildman–Crippen LogP) is 3.56. The lowest BCUT2D eigenvalue weighted by Crippen LogP contribution is -2.35. The standard InChI is InChI=1S/C23H23N3O3S2/c1-26(17-19-10-6-3-7-11-19)31(28,29)21-14-12-20(13-15-21)24-23(30)25-22(27)16-18-8-4-2-5-9-18/h2-15H,16-17H2,1H3,(H2,24,25,27,30). The summed E-state index contributed by atoms with van der Waals surface area (Å²) in [5.74, 6) is -0.231. The Bertz CT molecular complexity index is 1130. The van der Waals surface area contributed by atoms with Crippen molar-refractivity contribution < 1.29 is 13.2 Å². The average Bonchev–Trinajstić information content (AvgIpc) is 2.75. The number of nitrogens with zero attached hydrogens (tertiary/aromatic N) is 1. The van der Waals surface area contributed by atoms with Crippen LogP contribution in [-0.2, 0) is 27.8 Å². The SMILES string of the molecule is CN(Cc1ccccc1)S(=O)(=O)c1ccc(NC(=S)NC(=O)Cc2ccccc2)cc1. The fraction of sp³-hybridized carbons (Fsp3) is 0.130. The van der Waals surface area contributed by atoms with E-state index in [9.17, 15) is 13.2 Å². The quantitative estimate of drug-likeness (QED) is 0.535. The lowest BCUT2D eigenvalue weighted by atomic mass is 10.1. The number of nitrogens with one attached hydrogen (secondary N) is 2. The number of carbonyl (C=O) groups is 1. The summed E-state index contributed by atoms with van der Waals surface area (Å²) in [4.78, 5) is 12.3. The topological polar surface area (TPSA) is 78.5 Å². The number of amides is 1. The van der Waals surface area contributed by atoms with Gasteiger partial charge in [-0.25, -0.2) is 8.42 Å². The molecule has 160 valence electrons. The van der Waals surface area contributed by atoms with Crippen LogP contribution in [0.2, 0.25) is 0 Å². The zero-order valence-electron chi connectivity index (χ0n) is 17.0. The van der Waals surface area contributed by atoms with Gasteiger partial charge in [-0.15, -0.1) is 0 Å². The molecule has 0 fully saturated rings. The molecule has 0 aliphatic carbocycles. The second-order valence-electron chi connectivity index (χ2n) is 6.94. The summed E-state index contributed by atoms with van der Waals surface area (Å²) < 4.78 is 26.9. The van der Waals surface area contributed by atoms with Gasteiger partial charge in [0.1, 0.15) is 0 Å². The smallest absolute Gasteiger partial charge is 0.243 e. The van der Waals surface area contributed by atoms with Gasteiger partial charge in [0, 0.05) is 19.3 Å². The van der Waals surface area contributed by atoms with Crippen molar-refractivity contribution in [3.63, 3.8) is 0 Å². The number of hydrogen-bond donors (Lipinski definition) is 2. The van der Waals surface area contributed by atoms with E-state index in [0.717, 1.165) is 11.1 Å². The molecule has 0 radical (unpaired) electrons. The van der Waals surface area contributed by atoms with Crippen LogP contribution in [0.25, 0.3) is 0 Å². The summed E-state index contributed by atoms with van der Waals surface area (Å²) in [6, 6.07) is 25.0. The van der Waals surface area contributed by atoms with Crippen LogP contribution in [0.15, 0.2) is 89.8 Å². The van der Waals surface area contributed by atoms with Crippen LogP contribution in [0.1, 0.15) is 11.1 Å². The van der Waals surface area contributed by atoms with Crippen LogP contribution in [0.5, 0.6) is 0 Å². The molecule has 0 bridgehead atoms. The zero-order chi connectivity index (χ0) is 22.3. The maximum absolute atomic E-state index is 12.8. The van der Waals surface area contributed by atoms with Crippen molar-refractivity contribution in [3.05, 3.63) is 96.1 Å². The maximum Gasteiger partial charge on any atom is 0.243 e. The number of anilines is 1. The first-order chi connectivity index (χ1) is 14.8. The van der Waals surface area contributed by atoms with Crippen molar-refractivity contribution in [2.75, 3.05) is 12.4 Å². The molecular formula is C23H23N3O3S2. The van der Waals surface area contributed by atoms with E-state index in [0.29, 0.717) is 5.69 Å². The minimum atomic E-state index is -3.63. The second-order valence-corrected chi connectivity index (χ2v) is 9.39. The van der Waals surface area contributed by atoms with E-state index >= 15 is 0 Å². The Labute approximate surface area is 188 Å². The Morgan fingerprint density at radius 1 is 0.871 bits per heavy atom. The third-order valence-corrected chi connectivity index (χ3v) is 6.55. The van der Waals surface area contributed by atoms with Crippen molar-refractivity contribution in [2.24, 2.45) is 0 Å². The first-order valence-electron chi connectivity index (χ1n) is 9.60. The first kappa shape index (κ1) is 22.6. The van der Waals surface area contributed by atoms with Gasteiger partial charge < -0.3 is 10.6 Å². The van der Waals surface area contributed by atoms with Crippen molar-refractivity contribution in [3.8, 4) is 0 Å². The molecule has 0 aromatic heterocycles. The average molecular weight is 454 g/mol.